The lowest BCUT2D eigenvalue weighted by Gasteiger charge is -2.36. The lowest BCUT2D eigenvalue weighted by atomic mass is 10.1. The third kappa shape index (κ3) is 2.82. The summed E-state index contributed by atoms with van der Waals surface area (Å²) in [6, 6.07) is 6.13. The lowest BCUT2D eigenvalue weighted by Crippen LogP contribution is -2.47. The van der Waals surface area contributed by atoms with E-state index in [4.69, 9.17) is 0 Å². The standard InChI is InChI=1S/C13H18N4/c1-2-16-7-9-17(10-8-16)13(11-14)12-3-5-15-6-4-12/h3-6,13H,2,7-10H2,1H3. The molecule has 17 heavy (non-hydrogen) atoms. The van der Waals surface area contributed by atoms with Crippen LogP contribution in [0.25, 0.3) is 0 Å². The van der Waals surface area contributed by atoms with Crippen LogP contribution >= 0.6 is 0 Å². The molecule has 4 heteroatoms. The quantitative estimate of drug-likeness (QED) is 0.784. The van der Waals surface area contributed by atoms with Crippen molar-refractivity contribution in [2.24, 2.45) is 0 Å². The SMILES string of the molecule is CCN1CCN(C(C#N)c2ccncc2)CC1. The van der Waals surface area contributed by atoms with Gasteiger partial charge in [0.25, 0.3) is 0 Å². The van der Waals surface area contributed by atoms with Crippen LogP contribution < -0.4 is 0 Å². The fourth-order valence-corrected chi connectivity index (χ4v) is 2.25. The zero-order valence-electron chi connectivity index (χ0n) is 10.2. The maximum Gasteiger partial charge on any atom is 0.124 e. The average Bonchev–Trinajstić information content (AvgIpc) is 2.42. The van der Waals surface area contributed by atoms with E-state index in [-0.39, 0.29) is 6.04 Å². The summed E-state index contributed by atoms with van der Waals surface area (Å²) in [4.78, 5) is 8.66. The Kier molecular flexibility index (Phi) is 4.08. The summed E-state index contributed by atoms with van der Waals surface area (Å²) in [6.07, 6.45) is 3.50. The van der Waals surface area contributed by atoms with E-state index in [2.05, 4.69) is 27.8 Å². The number of hydrogen-bond acceptors (Lipinski definition) is 4. The summed E-state index contributed by atoms with van der Waals surface area (Å²) < 4.78 is 0. The maximum atomic E-state index is 9.33. The number of hydrogen-bond donors (Lipinski definition) is 0. The zero-order valence-corrected chi connectivity index (χ0v) is 10.2. The monoisotopic (exact) mass is 230 g/mol. The highest BCUT2D eigenvalue weighted by Gasteiger charge is 2.23. The van der Waals surface area contributed by atoms with Crippen LogP contribution in [0.1, 0.15) is 18.5 Å². The molecule has 1 atom stereocenters. The van der Waals surface area contributed by atoms with Crippen LogP contribution in [-0.2, 0) is 0 Å². The van der Waals surface area contributed by atoms with Gasteiger partial charge in [0.1, 0.15) is 6.04 Å². The second-order valence-electron chi connectivity index (χ2n) is 4.28. The third-order valence-electron chi connectivity index (χ3n) is 3.36. The smallest absolute Gasteiger partial charge is 0.124 e. The minimum atomic E-state index is -0.128. The van der Waals surface area contributed by atoms with Crippen molar-refractivity contribution in [2.75, 3.05) is 32.7 Å². The summed E-state index contributed by atoms with van der Waals surface area (Å²) in [5, 5.41) is 9.33. The van der Waals surface area contributed by atoms with Crippen molar-refractivity contribution in [3.8, 4) is 6.07 Å². The third-order valence-corrected chi connectivity index (χ3v) is 3.36. The van der Waals surface area contributed by atoms with Gasteiger partial charge in [0.05, 0.1) is 6.07 Å². The van der Waals surface area contributed by atoms with Gasteiger partial charge < -0.3 is 4.90 Å². The Hall–Kier alpha value is -1.44. The molecule has 1 aromatic heterocycles. The van der Waals surface area contributed by atoms with Crippen LogP contribution in [0.3, 0.4) is 0 Å². The minimum Gasteiger partial charge on any atom is -0.301 e. The van der Waals surface area contributed by atoms with Crippen molar-refractivity contribution < 1.29 is 0 Å². The van der Waals surface area contributed by atoms with Crippen LogP contribution in [0.2, 0.25) is 0 Å². The van der Waals surface area contributed by atoms with Gasteiger partial charge in [-0.3, -0.25) is 9.88 Å². The molecular formula is C13H18N4. The highest BCUT2D eigenvalue weighted by Crippen LogP contribution is 2.20. The van der Waals surface area contributed by atoms with Crippen molar-refractivity contribution in [2.45, 2.75) is 13.0 Å². The van der Waals surface area contributed by atoms with Gasteiger partial charge in [0.2, 0.25) is 0 Å². The topological polar surface area (TPSA) is 43.2 Å². The molecule has 2 heterocycles. The summed E-state index contributed by atoms with van der Waals surface area (Å²) in [7, 11) is 0. The molecule has 1 saturated heterocycles. The molecule has 0 spiro atoms. The van der Waals surface area contributed by atoms with Gasteiger partial charge in [0.15, 0.2) is 0 Å². The number of nitriles is 1. The first-order chi connectivity index (χ1) is 8.35. The second-order valence-corrected chi connectivity index (χ2v) is 4.28. The largest absolute Gasteiger partial charge is 0.301 e. The van der Waals surface area contributed by atoms with E-state index in [0.717, 1.165) is 38.3 Å². The molecule has 0 radical (unpaired) electrons. The fourth-order valence-electron chi connectivity index (χ4n) is 2.25. The summed E-state index contributed by atoms with van der Waals surface area (Å²) in [5.41, 5.74) is 1.05. The highest BCUT2D eigenvalue weighted by molar-refractivity contribution is 5.21. The number of pyridine rings is 1. The number of aromatic nitrogens is 1. The molecule has 0 amide bonds. The molecular weight excluding hydrogens is 212 g/mol. The van der Waals surface area contributed by atoms with Crippen LogP contribution in [0.4, 0.5) is 0 Å². The van der Waals surface area contributed by atoms with E-state index in [1.54, 1.807) is 12.4 Å². The molecule has 4 nitrogen and oxygen atoms in total. The number of nitrogens with zero attached hydrogens (tertiary/aromatic N) is 4. The molecule has 2 rings (SSSR count). The van der Waals surface area contributed by atoms with Gasteiger partial charge in [-0.25, -0.2) is 0 Å². The van der Waals surface area contributed by atoms with E-state index in [1.165, 1.54) is 0 Å². The lowest BCUT2D eigenvalue weighted by molar-refractivity contribution is 0.118. The normalized spacial score (nSPS) is 19.8. The van der Waals surface area contributed by atoms with Gasteiger partial charge >= 0.3 is 0 Å². The summed E-state index contributed by atoms with van der Waals surface area (Å²) >= 11 is 0. The Labute approximate surface area is 102 Å². The average molecular weight is 230 g/mol. The van der Waals surface area contributed by atoms with Crippen molar-refractivity contribution in [1.82, 2.24) is 14.8 Å². The first-order valence-corrected chi connectivity index (χ1v) is 6.11. The number of likely N-dealkylation sites (N-methyl/N-ethyl adjacent to an activating group) is 1. The van der Waals surface area contributed by atoms with Gasteiger partial charge in [-0.15, -0.1) is 0 Å². The Bertz CT molecular complexity index is 376. The molecule has 1 unspecified atom stereocenters. The number of piperazine rings is 1. The molecule has 0 aliphatic carbocycles. The first kappa shape index (κ1) is 12.0. The van der Waals surface area contributed by atoms with Crippen LogP contribution in [0.15, 0.2) is 24.5 Å². The van der Waals surface area contributed by atoms with E-state index in [0.29, 0.717) is 0 Å². The Morgan fingerprint density at radius 2 is 1.94 bits per heavy atom. The zero-order chi connectivity index (χ0) is 12.1. The van der Waals surface area contributed by atoms with Crippen LogP contribution in [-0.4, -0.2) is 47.5 Å². The van der Waals surface area contributed by atoms with Crippen LogP contribution in [0.5, 0.6) is 0 Å². The molecule has 0 saturated carbocycles. The van der Waals surface area contributed by atoms with Gasteiger partial charge in [-0.1, -0.05) is 6.92 Å². The van der Waals surface area contributed by atoms with Crippen molar-refractivity contribution in [1.29, 1.82) is 5.26 Å². The van der Waals surface area contributed by atoms with Crippen molar-refractivity contribution in [3.63, 3.8) is 0 Å². The van der Waals surface area contributed by atoms with E-state index < -0.39 is 0 Å². The van der Waals surface area contributed by atoms with Gasteiger partial charge in [-0.05, 0) is 24.2 Å². The summed E-state index contributed by atoms with van der Waals surface area (Å²) in [6.45, 7) is 7.32. The molecule has 0 aromatic carbocycles. The maximum absolute atomic E-state index is 9.33. The Morgan fingerprint density at radius 3 is 2.47 bits per heavy atom. The van der Waals surface area contributed by atoms with Gasteiger partial charge in [0, 0.05) is 38.6 Å². The molecule has 1 aliphatic rings. The predicted molar refractivity (Wildman–Crippen MR) is 66.3 cm³/mol. The van der Waals surface area contributed by atoms with Crippen molar-refractivity contribution in [3.05, 3.63) is 30.1 Å². The molecule has 1 aliphatic heterocycles. The predicted octanol–water partition coefficient (Wildman–Crippen LogP) is 1.28. The number of rotatable bonds is 3. The van der Waals surface area contributed by atoms with E-state index in [9.17, 15) is 5.26 Å². The van der Waals surface area contributed by atoms with E-state index >= 15 is 0 Å². The Balaban J connectivity index is 2.04. The van der Waals surface area contributed by atoms with Gasteiger partial charge in [-0.2, -0.15) is 5.26 Å². The molecule has 90 valence electrons. The Morgan fingerprint density at radius 1 is 1.29 bits per heavy atom. The second kappa shape index (κ2) is 5.76. The molecule has 1 fully saturated rings. The first-order valence-electron chi connectivity index (χ1n) is 6.11. The van der Waals surface area contributed by atoms with E-state index in [1.807, 2.05) is 12.1 Å². The summed E-state index contributed by atoms with van der Waals surface area (Å²) in [5.74, 6) is 0. The molecule has 0 N–H and O–H groups in total. The molecule has 0 bridgehead atoms. The minimum absolute atomic E-state index is 0.128. The highest BCUT2D eigenvalue weighted by atomic mass is 15.3. The molecule has 1 aromatic rings. The van der Waals surface area contributed by atoms with Crippen molar-refractivity contribution >= 4 is 0 Å². The van der Waals surface area contributed by atoms with Crippen LogP contribution in [0, 0.1) is 11.3 Å². The fraction of sp³-hybridized carbons (Fsp3) is 0.538.